The van der Waals surface area contributed by atoms with E-state index in [1.54, 1.807) is 13.8 Å². The zero-order valence-electron chi connectivity index (χ0n) is 43.9. The molecular weight excluding hydrogens is 1240 g/mol. The Morgan fingerprint density at radius 1 is 0.531 bits per heavy atom. The van der Waals surface area contributed by atoms with Gasteiger partial charge in [-0.15, -0.1) is 54.4 Å². The second-order valence-corrected chi connectivity index (χ2v) is 24.4. The molecule has 0 spiro atoms. The van der Waals surface area contributed by atoms with E-state index >= 15 is 0 Å². The summed E-state index contributed by atoms with van der Waals surface area (Å²) in [5, 5.41) is 30.7. The van der Waals surface area contributed by atoms with E-state index in [4.69, 9.17) is 75.8 Å². The summed E-state index contributed by atoms with van der Waals surface area (Å²) in [6.07, 6.45) is 4.87. The van der Waals surface area contributed by atoms with Gasteiger partial charge in [-0.05, 0) is 135 Å². The molecule has 3 fully saturated rings. The number of carbonyl (C=O) groups excluding carboxylic acids is 3. The highest BCUT2D eigenvalue weighted by molar-refractivity contribution is 9.09. The number of thiophene rings is 3. The number of amides is 1. The van der Waals surface area contributed by atoms with E-state index < -0.39 is 17.8 Å². The first-order chi connectivity index (χ1) is 39.3. The Bertz CT molecular complexity index is 3630. The molecule has 0 aliphatic carbocycles. The summed E-state index contributed by atoms with van der Waals surface area (Å²) in [6, 6.07) is 28.8. The second kappa shape index (κ2) is 28.8. The van der Waals surface area contributed by atoms with Crippen LogP contribution >= 0.6 is 96.3 Å². The fourth-order valence-electron chi connectivity index (χ4n) is 9.03. The maximum Gasteiger partial charge on any atom is 0.360 e. The molecule has 0 radical (unpaired) electrons. The van der Waals surface area contributed by atoms with Crippen LogP contribution in [0.1, 0.15) is 76.0 Å². The number of alkyl halides is 1. The molecule has 9 aromatic rings. The normalized spacial score (nSPS) is 16.6. The highest BCUT2D eigenvalue weighted by atomic mass is 79.9. The Labute approximate surface area is 507 Å². The SMILES string of the molecule is BrCC1CCOC1.CCOC(=O)c1nnc(CC2CCOC2)c2cc(-c3ccc(Cl)cc3)sc12.CCOC(=O)c1nnc(Cl)c2cc(-c3ccc(Cl)cc3)sc12.NC(=O)c1nnc(CC2CCOC2)c2cc(-c3ccc(Cl)cc3)sc12. The summed E-state index contributed by atoms with van der Waals surface area (Å²) in [5.74, 6) is 0.180. The Morgan fingerprint density at radius 3 is 1.25 bits per heavy atom. The van der Waals surface area contributed by atoms with Crippen LogP contribution in [0, 0.1) is 17.8 Å². The van der Waals surface area contributed by atoms with Gasteiger partial charge in [0.15, 0.2) is 22.2 Å². The number of primary amides is 1. The molecular formula is C58H54BrCl4N7O8S3. The van der Waals surface area contributed by atoms with E-state index in [1.807, 2.05) is 78.9 Å². The molecule has 3 aliphatic heterocycles. The molecule has 2 N–H and O–H groups in total. The lowest BCUT2D eigenvalue weighted by atomic mass is 10.0. The van der Waals surface area contributed by atoms with E-state index in [0.717, 1.165) is 139 Å². The highest BCUT2D eigenvalue weighted by Gasteiger charge is 2.26. The molecule has 3 aliphatic rings. The molecule has 0 bridgehead atoms. The number of halogens is 5. The van der Waals surface area contributed by atoms with Crippen molar-refractivity contribution < 1.29 is 38.1 Å². The summed E-state index contributed by atoms with van der Waals surface area (Å²) in [6.45, 7) is 9.12. The van der Waals surface area contributed by atoms with Crippen molar-refractivity contribution >= 4 is 144 Å². The lowest BCUT2D eigenvalue weighted by Crippen LogP contribution is -2.15. The molecule has 81 heavy (non-hydrogen) atoms. The lowest BCUT2D eigenvalue weighted by molar-refractivity contribution is 0.0511. The molecule has 12 rings (SSSR count). The second-order valence-electron chi connectivity index (χ2n) is 19.0. The van der Waals surface area contributed by atoms with Gasteiger partial charge in [-0.25, -0.2) is 9.59 Å². The number of nitrogens with zero attached hydrogens (tertiary/aromatic N) is 6. The van der Waals surface area contributed by atoms with E-state index in [0.29, 0.717) is 43.6 Å². The largest absolute Gasteiger partial charge is 0.461 e. The van der Waals surface area contributed by atoms with Gasteiger partial charge in [0.1, 0.15) is 0 Å². The van der Waals surface area contributed by atoms with Gasteiger partial charge in [-0.3, -0.25) is 4.79 Å². The van der Waals surface area contributed by atoms with Crippen molar-refractivity contribution in [3.8, 4) is 31.3 Å². The fraction of sp³-hybridized carbons (Fsp3) is 0.328. The minimum absolute atomic E-state index is 0.187. The summed E-state index contributed by atoms with van der Waals surface area (Å²) in [4.78, 5) is 39.1. The molecule has 1 amide bonds. The Kier molecular flexibility index (Phi) is 21.4. The Hall–Kier alpha value is -5.29. The van der Waals surface area contributed by atoms with Crippen molar-refractivity contribution in [2.75, 3.05) is 58.2 Å². The number of hydrogen-bond donors (Lipinski definition) is 1. The first kappa shape index (κ1) is 60.3. The van der Waals surface area contributed by atoms with Crippen LogP contribution in [0.15, 0.2) is 91.0 Å². The smallest absolute Gasteiger partial charge is 0.360 e. The highest BCUT2D eigenvalue weighted by Crippen LogP contribution is 2.41. The molecule has 3 saturated heterocycles. The van der Waals surface area contributed by atoms with E-state index in [1.165, 1.54) is 40.4 Å². The van der Waals surface area contributed by atoms with Crippen LogP contribution in [-0.4, -0.2) is 107 Å². The summed E-state index contributed by atoms with van der Waals surface area (Å²) < 4.78 is 28.5. The molecule has 6 aromatic heterocycles. The molecule has 422 valence electrons. The van der Waals surface area contributed by atoms with Gasteiger partial charge in [-0.2, -0.15) is 10.2 Å². The Morgan fingerprint density at radius 2 is 0.889 bits per heavy atom. The predicted molar refractivity (Wildman–Crippen MR) is 327 cm³/mol. The number of hydrogen-bond acceptors (Lipinski definition) is 17. The van der Waals surface area contributed by atoms with Crippen molar-refractivity contribution in [3.63, 3.8) is 0 Å². The van der Waals surface area contributed by atoms with Crippen LogP contribution in [-0.2, 0) is 36.5 Å². The number of rotatable bonds is 13. The van der Waals surface area contributed by atoms with Gasteiger partial charge >= 0.3 is 11.9 Å². The van der Waals surface area contributed by atoms with Crippen molar-refractivity contribution in [3.05, 3.63) is 140 Å². The molecule has 3 aromatic carbocycles. The number of benzene rings is 3. The summed E-state index contributed by atoms with van der Waals surface area (Å²) in [5.41, 5.74) is 11.1. The van der Waals surface area contributed by atoms with Gasteiger partial charge in [0.25, 0.3) is 5.91 Å². The lowest BCUT2D eigenvalue weighted by Gasteiger charge is -2.08. The first-order valence-corrected chi connectivity index (χ1v) is 31.1. The third-order valence-corrected chi connectivity index (χ3v) is 18.8. The van der Waals surface area contributed by atoms with Gasteiger partial charge in [-0.1, -0.05) is 98.7 Å². The van der Waals surface area contributed by atoms with Crippen LogP contribution in [0.4, 0.5) is 0 Å². The number of nitrogens with two attached hydrogens (primary N) is 1. The van der Waals surface area contributed by atoms with Gasteiger partial charge in [0.2, 0.25) is 0 Å². The summed E-state index contributed by atoms with van der Waals surface area (Å²) in [7, 11) is 0. The zero-order chi connectivity index (χ0) is 57.0. The minimum atomic E-state index is -0.558. The third kappa shape index (κ3) is 15.3. The van der Waals surface area contributed by atoms with Gasteiger partial charge in [0, 0.05) is 84.2 Å². The van der Waals surface area contributed by atoms with Crippen molar-refractivity contribution in [1.82, 2.24) is 30.6 Å². The molecule has 3 atom stereocenters. The topological polar surface area (TPSA) is 201 Å². The van der Waals surface area contributed by atoms with Gasteiger partial charge < -0.3 is 29.4 Å². The first-order valence-electron chi connectivity index (χ1n) is 26.0. The third-order valence-electron chi connectivity index (χ3n) is 13.3. The van der Waals surface area contributed by atoms with Crippen molar-refractivity contribution in [2.45, 2.75) is 46.0 Å². The van der Waals surface area contributed by atoms with Crippen molar-refractivity contribution in [1.29, 1.82) is 0 Å². The monoisotopic (exact) mass is 1290 g/mol. The quantitative estimate of drug-likeness (QED) is 0.0844. The molecule has 15 nitrogen and oxygen atoms in total. The number of aromatic nitrogens is 6. The zero-order valence-corrected chi connectivity index (χ0v) is 51.0. The molecule has 23 heteroatoms. The minimum Gasteiger partial charge on any atom is -0.461 e. The number of carbonyl (C=O) groups is 3. The maximum absolute atomic E-state index is 12.3. The van der Waals surface area contributed by atoms with E-state index in [-0.39, 0.29) is 28.8 Å². The van der Waals surface area contributed by atoms with Crippen molar-refractivity contribution in [2.24, 2.45) is 23.5 Å². The molecule has 0 saturated carbocycles. The number of fused-ring (bicyclic) bond motifs is 3. The van der Waals surface area contributed by atoms with Crippen LogP contribution in [0.25, 0.3) is 61.6 Å². The van der Waals surface area contributed by atoms with Crippen LogP contribution in [0.2, 0.25) is 20.2 Å². The number of esters is 2. The van der Waals surface area contributed by atoms with Crippen LogP contribution in [0.3, 0.4) is 0 Å². The molecule has 3 unspecified atom stereocenters. The maximum atomic E-state index is 12.3. The average Bonchev–Trinajstić information content (AvgIpc) is 4.48. The molecule has 9 heterocycles. The fourth-order valence-corrected chi connectivity index (χ4v) is 13.6. The van der Waals surface area contributed by atoms with Gasteiger partial charge in [0.05, 0.1) is 45.3 Å². The van der Waals surface area contributed by atoms with Crippen LogP contribution < -0.4 is 5.73 Å². The Balaban J connectivity index is 0.000000139. The summed E-state index contributed by atoms with van der Waals surface area (Å²) >= 11 is 31.8. The van der Waals surface area contributed by atoms with E-state index in [9.17, 15) is 14.4 Å². The van der Waals surface area contributed by atoms with Crippen LogP contribution in [0.5, 0.6) is 0 Å². The van der Waals surface area contributed by atoms with E-state index in [2.05, 4.69) is 58.7 Å². The average molecular weight is 1300 g/mol. The number of ether oxygens (including phenoxy) is 5. The predicted octanol–water partition coefficient (Wildman–Crippen LogP) is 14.7. The standard InChI is InChI=1S/C20H19ClN2O3S.C18H16ClN3O2S.C15H10Cl2N2O2S.C5H9BrO/c1-2-26-20(24)18-19-15(16(22-23-18)9-12-7-8-25-11-12)10-17(27-19)13-3-5-14(21)6-4-13;19-12-3-1-11(2-4-12)15-8-13-14(7-10-5-6-24-9-10)21-22-16(18(20)23)17(13)25-15;1-2-21-15(20)12-13-10(14(17)19-18-12)7-11(22-13)8-3-5-9(16)6-4-8;6-3-5-1-2-7-4-5/h3-6,10,12H,2,7-9,11H2,1H3;1-4,8,10H,5-7,9H2,(H2,20,23);3-7H,2H2,1H3;5H,1-4H2.